The molecule has 1 saturated heterocycles. The van der Waals surface area contributed by atoms with Crippen molar-refractivity contribution in [1.29, 1.82) is 0 Å². The number of aryl methyl sites for hydroxylation is 1. The summed E-state index contributed by atoms with van der Waals surface area (Å²) in [4.78, 5) is 10.9. The van der Waals surface area contributed by atoms with E-state index >= 15 is 0 Å². The Morgan fingerprint density at radius 2 is 1.95 bits per heavy atom. The smallest absolute Gasteiger partial charge is 0.246 e. The Morgan fingerprint density at radius 3 is 2.48 bits per heavy atom. The second-order valence-electron chi connectivity index (χ2n) is 5.15. The molecule has 0 amide bonds. The zero-order chi connectivity index (χ0) is 15.6. The largest absolute Gasteiger partial charge is 0.550 e. The highest BCUT2D eigenvalue weighted by Gasteiger charge is 2.31. The van der Waals surface area contributed by atoms with Crippen LogP contribution in [0.5, 0.6) is 5.75 Å². The molecule has 1 aliphatic heterocycles. The van der Waals surface area contributed by atoms with Gasteiger partial charge in [0, 0.05) is 25.0 Å². The molecule has 1 aliphatic rings. The summed E-state index contributed by atoms with van der Waals surface area (Å²) in [5, 5.41) is 10.8. The first kappa shape index (κ1) is 15.8. The molecule has 1 heterocycles. The van der Waals surface area contributed by atoms with Crippen molar-refractivity contribution in [2.24, 2.45) is 5.92 Å². The topological polar surface area (TPSA) is 86.7 Å². The van der Waals surface area contributed by atoms with Crippen LogP contribution in [0.2, 0.25) is 0 Å². The summed E-state index contributed by atoms with van der Waals surface area (Å²) in [7, 11) is -2.26. The van der Waals surface area contributed by atoms with Crippen LogP contribution in [0.15, 0.2) is 23.1 Å². The number of carboxylic acid groups (broad SMARTS) is 1. The lowest BCUT2D eigenvalue weighted by Gasteiger charge is -2.31. The van der Waals surface area contributed by atoms with Crippen LogP contribution in [-0.4, -0.2) is 38.9 Å². The highest BCUT2D eigenvalue weighted by molar-refractivity contribution is 7.89. The van der Waals surface area contributed by atoms with Gasteiger partial charge in [0.2, 0.25) is 10.0 Å². The zero-order valence-electron chi connectivity index (χ0n) is 12.0. The van der Waals surface area contributed by atoms with Gasteiger partial charge in [0.05, 0.1) is 7.11 Å². The molecule has 0 radical (unpaired) electrons. The summed E-state index contributed by atoms with van der Waals surface area (Å²) in [6, 6.07) is 4.97. The minimum Gasteiger partial charge on any atom is -0.550 e. The SMILES string of the molecule is COc1ccc(C)cc1S(=O)(=O)N1CCC(C(=O)[O-])CC1. The molecule has 116 valence electrons. The van der Waals surface area contributed by atoms with Gasteiger partial charge in [-0.25, -0.2) is 8.42 Å². The van der Waals surface area contributed by atoms with E-state index in [-0.39, 0.29) is 30.8 Å². The van der Waals surface area contributed by atoms with Gasteiger partial charge in [-0.1, -0.05) is 6.07 Å². The van der Waals surface area contributed by atoms with Gasteiger partial charge in [-0.15, -0.1) is 0 Å². The molecule has 0 bridgehead atoms. The number of carbonyl (C=O) groups is 1. The van der Waals surface area contributed by atoms with Crippen molar-refractivity contribution in [2.45, 2.75) is 24.7 Å². The van der Waals surface area contributed by atoms with E-state index < -0.39 is 21.9 Å². The number of benzene rings is 1. The van der Waals surface area contributed by atoms with E-state index in [9.17, 15) is 18.3 Å². The van der Waals surface area contributed by atoms with E-state index in [2.05, 4.69) is 0 Å². The third-order valence-corrected chi connectivity index (χ3v) is 5.64. The third-order valence-electron chi connectivity index (χ3n) is 3.72. The summed E-state index contributed by atoms with van der Waals surface area (Å²) in [5.74, 6) is -1.39. The monoisotopic (exact) mass is 312 g/mol. The molecule has 0 unspecified atom stereocenters. The summed E-state index contributed by atoms with van der Waals surface area (Å²) < 4.78 is 31.8. The maximum Gasteiger partial charge on any atom is 0.246 e. The summed E-state index contributed by atoms with van der Waals surface area (Å²) in [6.45, 7) is 2.16. The molecule has 0 saturated carbocycles. The first-order valence-corrected chi connectivity index (χ1v) is 8.16. The number of hydrogen-bond donors (Lipinski definition) is 0. The second-order valence-corrected chi connectivity index (χ2v) is 7.06. The average Bonchev–Trinajstić information content (AvgIpc) is 2.47. The number of ether oxygens (including phenoxy) is 1. The highest BCUT2D eigenvalue weighted by Crippen LogP contribution is 2.30. The zero-order valence-corrected chi connectivity index (χ0v) is 12.9. The van der Waals surface area contributed by atoms with Gasteiger partial charge >= 0.3 is 0 Å². The van der Waals surface area contributed by atoms with Crippen molar-refractivity contribution in [3.63, 3.8) is 0 Å². The summed E-state index contributed by atoms with van der Waals surface area (Å²) in [5.41, 5.74) is 0.819. The van der Waals surface area contributed by atoms with Crippen LogP contribution in [0.4, 0.5) is 0 Å². The minimum absolute atomic E-state index is 0.122. The third kappa shape index (κ3) is 3.19. The van der Waals surface area contributed by atoms with Crippen molar-refractivity contribution in [2.75, 3.05) is 20.2 Å². The molecule has 1 aromatic carbocycles. The molecule has 21 heavy (non-hydrogen) atoms. The first-order chi connectivity index (χ1) is 9.86. The molecule has 7 heteroatoms. The Bertz CT molecular complexity index is 633. The molecule has 2 rings (SSSR count). The van der Waals surface area contributed by atoms with E-state index in [1.807, 2.05) is 0 Å². The number of nitrogens with zero attached hydrogens (tertiary/aromatic N) is 1. The van der Waals surface area contributed by atoms with Crippen molar-refractivity contribution in [3.05, 3.63) is 23.8 Å². The number of carbonyl (C=O) groups excluding carboxylic acids is 1. The van der Waals surface area contributed by atoms with Gasteiger partial charge in [0.15, 0.2) is 0 Å². The second kappa shape index (κ2) is 6.03. The van der Waals surface area contributed by atoms with E-state index in [1.165, 1.54) is 11.4 Å². The Balaban J connectivity index is 2.27. The first-order valence-electron chi connectivity index (χ1n) is 6.72. The maximum absolute atomic E-state index is 12.7. The van der Waals surface area contributed by atoms with Crippen molar-refractivity contribution >= 4 is 16.0 Å². The van der Waals surface area contributed by atoms with Crippen LogP contribution >= 0.6 is 0 Å². The fourth-order valence-corrected chi connectivity index (χ4v) is 4.17. The molecule has 0 aliphatic carbocycles. The Morgan fingerprint density at radius 1 is 1.33 bits per heavy atom. The fraction of sp³-hybridized carbons (Fsp3) is 0.500. The Kier molecular flexibility index (Phi) is 4.53. The molecule has 1 aromatic rings. The minimum atomic E-state index is -3.68. The van der Waals surface area contributed by atoms with Gasteiger partial charge < -0.3 is 14.6 Å². The molecule has 6 nitrogen and oxygen atoms in total. The fourth-order valence-electron chi connectivity index (χ4n) is 2.46. The van der Waals surface area contributed by atoms with Crippen LogP contribution in [0, 0.1) is 12.8 Å². The van der Waals surface area contributed by atoms with Gasteiger partial charge in [0.25, 0.3) is 0 Å². The van der Waals surface area contributed by atoms with Crippen LogP contribution in [0.25, 0.3) is 0 Å². The lowest BCUT2D eigenvalue weighted by Crippen LogP contribution is -2.43. The molecular weight excluding hydrogens is 294 g/mol. The van der Waals surface area contributed by atoms with Crippen molar-refractivity contribution in [1.82, 2.24) is 4.31 Å². The van der Waals surface area contributed by atoms with E-state index in [0.717, 1.165) is 5.56 Å². The molecule has 1 fully saturated rings. The number of methoxy groups -OCH3 is 1. The molecule has 0 spiro atoms. The van der Waals surface area contributed by atoms with Crippen LogP contribution in [0.1, 0.15) is 18.4 Å². The average molecular weight is 312 g/mol. The standard InChI is InChI=1S/C14H19NO5S/c1-10-3-4-12(20-2)13(9-10)21(18,19)15-7-5-11(6-8-15)14(16)17/h3-4,9,11H,5-8H2,1-2H3,(H,16,17)/p-1. The lowest BCUT2D eigenvalue weighted by molar-refractivity contribution is -0.312. The summed E-state index contributed by atoms with van der Waals surface area (Å²) in [6.07, 6.45) is 0.547. The van der Waals surface area contributed by atoms with E-state index in [4.69, 9.17) is 4.74 Å². The Hall–Kier alpha value is -1.60. The van der Waals surface area contributed by atoms with Gasteiger partial charge in [-0.2, -0.15) is 4.31 Å². The van der Waals surface area contributed by atoms with Gasteiger partial charge in [-0.3, -0.25) is 0 Å². The van der Waals surface area contributed by atoms with Crippen LogP contribution in [0.3, 0.4) is 0 Å². The molecular formula is C14H18NO5S-. The number of rotatable bonds is 4. The van der Waals surface area contributed by atoms with E-state index in [0.29, 0.717) is 5.75 Å². The summed E-state index contributed by atoms with van der Waals surface area (Å²) >= 11 is 0. The Labute approximate surface area is 124 Å². The lowest BCUT2D eigenvalue weighted by atomic mass is 9.99. The predicted octanol–water partition coefficient (Wildman–Crippen LogP) is 0.154. The van der Waals surface area contributed by atoms with Crippen LogP contribution in [-0.2, 0) is 14.8 Å². The van der Waals surface area contributed by atoms with E-state index in [1.54, 1.807) is 25.1 Å². The maximum atomic E-state index is 12.7. The van der Waals surface area contributed by atoms with Gasteiger partial charge in [0.1, 0.15) is 10.6 Å². The highest BCUT2D eigenvalue weighted by atomic mass is 32.2. The predicted molar refractivity (Wildman–Crippen MR) is 74.2 cm³/mol. The number of sulfonamides is 1. The molecule has 0 aromatic heterocycles. The number of hydrogen-bond acceptors (Lipinski definition) is 5. The van der Waals surface area contributed by atoms with Gasteiger partial charge in [-0.05, 0) is 37.5 Å². The quantitative estimate of drug-likeness (QED) is 0.790. The number of aliphatic carboxylic acids is 1. The molecule has 0 atom stereocenters. The van der Waals surface area contributed by atoms with Crippen molar-refractivity contribution < 1.29 is 23.1 Å². The normalized spacial score (nSPS) is 17.6. The molecule has 0 N–H and O–H groups in total. The van der Waals surface area contributed by atoms with Crippen molar-refractivity contribution in [3.8, 4) is 5.75 Å². The van der Waals surface area contributed by atoms with Crippen LogP contribution < -0.4 is 9.84 Å². The number of carboxylic acids is 1. The number of piperidine rings is 1.